The number of piperidine rings is 1. The first-order chi connectivity index (χ1) is 17.1. The molecule has 0 saturated carbocycles. The van der Waals surface area contributed by atoms with E-state index in [1.165, 1.54) is 4.90 Å². The molecule has 0 spiro atoms. The molecule has 1 fully saturated rings. The molecule has 0 radical (unpaired) electrons. The van der Waals surface area contributed by atoms with Gasteiger partial charge in [0.15, 0.2) is 5.78 Å². The molecule has 8 nitrogen and oxygen atoms in total. The van der Waals surface area contributed by atoms with E-state index >= 15 is 0 Å². The van der Waals surface area contributed by atoms with Crippen LogP contribution in [0.2, 0.25) is 0 Å². The number of Topliss-reactive ketones (excluding diaryl/α,β-unsaturated/α-hetero) is 1. The van der Waals surface area contributed by atoms with Gasteiger partial charge >= 0.3 is 6.09 Å². The molecule has 3 rings (SSSR count). The summed E-state index contributed by atoms with van der Waals surface area (Å²) in [6, 6.07) is 10.7. The normalized spacial score (nSPS) is 16.2. The van der Waals surface area contributed by atoms with Gasteiger partial charge in [0.2, 0.25) is 0 Å². The number of ether oxygens (including phenoxy) is 5. The van der Waals surface area contributed by atoms with E-state index in [2.05, 4.69) is 0 Å². The lowest BCUT2D eigenvalue weighted by molar-refractivity contribution is -0.113. The van der Waals surface area contributed by atoms with Crippen molar-refractivity contribution in [1.82, 2.24) is 4.90 Å². The van der Waals surface area contributed by atoms with Crippen LogP contribution < -0.4 is 18.9 Å². The standard InChI is InChI=1S/C28H33NO7/c1-28(2,3)36-27(31)29-16-18(14-20-22(32-4)10-8-11-23(20)33-5)26(30)19(17-29)15-21-24(34-6)12-9-13-25(21)35-7/h8-15H,16-17H2,1-7H3/b18-14+,19-15+. The van der Waals surface area contributed by atoms with Gasteiger partial charge in [-0.05, 0) is 57.2 Å². The summed E-state index contributed by atoms with van der Waals surface area (Å²) in [6.45, 7) is 5.53. The summed E-state index contributed by atoms with van der Waals surface area (Å²) in [5.74, 6) is 1.96. The molecule has 8 heteroatoms. The van der Waals surface area contributed by atoms with Crippen molar-refractivity contribution in [2.45, 2.75) is 26.4 Å². The van der Waals surface area contributed by atoms with Crippen molar-refractivity contribution in [3.8, 4) is 23.0 Å². The number of amides is 1. The van der Waals surface area contributed by atoms with Gasteiger partial charge in [0.1, 0.15) is 28.6 Å². The lowest BCUT2D eigenvalue weighted by Crippen LogP contribution is -2.44. The fourth-order valence-electron chi connectivity index (χ4n) is 3.89. The summed E-state index contributed by atoms with van der Waals surface area (Å²) in [7, 11) is 6.19. The quantitative estimate of drug-likeness (QED) is 0.521. The molecular formula is C28H33NO7. The first-order valence-corrected chi connectivity index (χ1v) is 11.5. The number of hydrogen-bond acceptors (Lipinski definition) is 7. The van der Waals surface area contributed by atoms with Crippen molar-refractivity contribution in [2.75, 3.05) is 41.5 Å². The number of likely N-dealkylation sites (tertiary alicyclic amines) is 1. The Morgan fingerprint density at radius 3 is 1.42 bits per heavy atom. The van der Waals surface area contributed by atoms with Crippen molar-refractivity contribution in [3.05, 3.63) is 58.7 Å². The molecule has 2 aromatic carbocycles. The van der Waals surface area contributed by atoms with Gasteiger partial charge in [0.05, 0.1) is 52.7 Å². The average molecular weight is 496 g/mol. The Bertz CT molecular complexity index is 1070. The van der Waals surface area contributed by atoms with E-state index in [0.29, 0.717) is 45.3 Å². The van der Waals surface area contributed by atoms with E-state index in [9.17, 15) is 9.59 Å². The van der Waals surface area contributed by atoms with Crippen LogP contribution in [-0.4, -0.2) is 63.9 Å². The van der Waals surface area contributed by atoms with Gasteiger partial charge in [-0.25, -0.2) is 4.79 Å². The van der Waals surface area contributed by atoms with E-state index in [0.717, 1.165) is 0 Å². The van der Waals surface area contributed by atoms with Crippen LogP contribution in [-0.2, 0) is 9.53 Å². The Balaban J connectivity index is 2.16. The number of rotatable bonds is 6. The van der Waals surface area contributed by atoms with Crippen LogP contribution in [0.15, 0.2) is 47.5 Å². The average Bonchev–Trinajstić information content (AvgIpc) is 2.85. The molecule has 1 heterocycles. The molecule has 0 bridgehead atoms. The Labute approximate surface area is 212 Å². The summed E-state index contributed by atoms with van der Waals surface area (Å²) >= 11 is 0. The second-order valence-electron chi connectivity index (χ2n) is 9.16. The van der Waals surface area contributed by atoms with Crippen LogP contribution in [0.3, 0.4) is 0 Å². The van der Waals surface area contributed by atoms with E-state index in [-0.39, 0.29) is 18.9 Å². The van der Waals surface area contributed by atoms with Gasteiger partial charge in [0, 0.05) is 11.1 Å². The molecule has 1 amide bonds. The highest BCUT2D eigenvalue weighted by atomic mass is 16.6. The highest BCUT2D eigenvalue weighted by Crippen LogP contribution is 2.35. The Morgan fingerprint density at radius 1 is 0.750 bits per heavy atom. The smallest absolute Gasteiger partial charge is 0.410 e. The molecular weight excluding hydrogens is 462 g/mol. The predicted octanol–water partition coefficient (Wildman–Crippen LogP) is 5.01. The minimum absolute atomic E-state index is 0.0648. The summed E-state index contributed by atoms with van der Waals surface area (Å²) in [5.41, 5.74) is 1.28. The number of hydrogen-bond donors (Lipinski definition) is 0. The molecule has 192 valence electrons. The molecule has 0 aromatic heterocycles. The molecule has 1 aliphatic rings. The minimum atomic E-state index is -0.690. The van der Waals surface area contributed by atoms with Crippen molar-refractivity contribution < 1.29 is 33.3 Å². The number of ketones is 1. The first-order valence-electron chi connectivity index (χ1n) is 11.5. The highest BCUT2D eigenvalue weighted by Gasteiger charge is 2.32. The van der Waals surface area contributed by atoms with Gasteiger partial charge in [0.25, 0.3) is 0 Å². The van der Waals surface area contributed by atoms with Gasteiger partial charge < -0.3 is 23.7 Å². The second kappa shape index (κ2) is 11.2. The van der Waals surface area contributed by atoms with Crippen LogP contribution in [0.25, 0.3) is 12.2 Å². The number of methoxy groups -OCH3 is 4. The van der Waals surface area contributed by atoms with Crippen LogP contribution in [0.5, 0.6) is 23.0 Å². The van der Waals surface area contributed by atoms with Crippen molar-refractivity contribution >= 4 is 24.0 Å². The summed E-state index contributed by atoms with van der Waals surface area (Å²) in [6.07, 6.45) is 2.87. The molecule has 0 unspecified atom stereocenters. The van der Waals surface area contributed by atoms with Crippen molar-refractivity contribution in [2.24, 2.45) is 0 Å². The molecule has 36 heavy (non-hydrogen) atoms. The largest absolute Gasteiger partial charge is 0.496 e. The fraction of sp³-hybridized carbons (Fsp3) is 0.357. The van der Waals surface area contributed by atoms with Crippen LogP contribution in [0, 0.1) is 0 Å². The highest BCUT2D eigenvalue weighted by molar-refractivity contribution is 6.15. The van der Waals surface area contributed by atoms with Gasteiger partial charge in [-0.15, -0.1) is 0 Å². The van der Waals surface area contributed by atoms with Crippen molar-refractivity contribution in [3.63, 3.8) is 0 Å². The third-order valence-corrected chi connectivity index (χ3v) is 5.53. The monoisotopic (exact) mass is 495 g/mol. The minimum Gasteiger partial charge on any atom is -0.496 e. The van der Waals surface area contributed by atoms with Crippen LogP contribution in [0.4, 0.5) is 4.79 Å². The zero-order valence-electron chi connectivity index (χ0n) is 21.8. The van der Waals surface area contributed by atoms with Gasteiger partial charge in [-0.2, -0.15) is 0 Å². The van der Waals surface area contributed by atoms with Gasteiger partial charge in [-0.3, -0.25) is 9.69 Å². The number of carbonyl (C=O) groups excluding carboxylic acids is 2. The van der Waals surface area contributed by atoms with Crippen molar-refractivity contribution in [1.29, 1.82) is 0 Å². The maximum Gasteiger partial charge on any atom is 0.410 e. The SMILES string of the molecule is COc1cccc(OC)c1/C=C1\CN(C(=O)OC(C)(C)C)C/C(=C\c2c(OC)cccc2OC)C1=O. The predicted molar refractivity (Wildman–Crippen MR) is 138 cm³/mol. The van der Waals surface area contributed by atoms with Gasteiger partial charge in [-0.1, -0.05) is 12.1 Å². The second-order valence-corrected chi connectivity index (χ2v) is 9.16. The number of benzene rings is 2. The Kier molecular flexibility index (Phi) is 8.29. The van der Waals surface area contributed by atoms with Crippen LogP contribution >= 0.6 is 0 Å². The third kappa shape index (κ3) is 6.00. The van der Waals surface area contributed by atoms with E-state index in [1.54, 1.807) is 97.8 Å². The van der Waals surface area contributed by atoms with E-state index in [4.69, 9.17) is 23.7 Å². The summed E-state index contributed by atoms with van der Waals surface area (Å²) < 4.78 is 27.6. The fourth-order valence-corrected chi connectivity index (χ4v) is 3.89. The number of nitrogens with zero attached hydrogens (tertiary/aromatic N) is 1. The topological polar surface area (TPSA) is 83.5 Å². The lowest BCUT2D eigenvalue weighted by Gasteiger charge is -2.32. The first kappa shape index (κ1) is 26.7. The Hall–Kier alpha value is -3.94. The molecule has 0 aliphatic carbocycles. The van der Waals surface area contributed by atoms with E-state index in [1.807, 2.05) is 0 Å². The maximum absolute atomic E-state index is 13.7. The van der Waals surface area contributed by atoms with Crippen LogP contribution in [0.1, 0.15) is 31.9 Å². The summed E-state index contributed by atoms with van der Waals surface area (Å²) in [4.78, 5) is 28.2. The lowest BCUT2D eigenvalue weighted by atomic mass is 9.93. The molecule has 0 N–H and O–H groups in total. The maximum atomic E-state index is 13.7. The van der Waals surface area contributed by atoms with E-state index < -0.39 is 11.7 Å². The zero-order valence-corrected chi connectivity index (χ0v) is 21.8. The Morgan fingerprint density at radius 2 is 1.11 bits per heavy atom. The molecule has 1 saturated heterocycles. The number of carbonyl (C=O) groups is 2. The molecule has 0 atom stereocenters. The summed E-state index contributed by atoms with van der Waals surface area (Å²) in [5, 5.41) is 0. The third-order valence-electron chi connectivity index (χ3n) is 5.53. The molecule has 2 aromatic rings. The molecule has 1 aliphatic heterocycles. The zero-order chi connectivity index (χ0) is 26.5.